The number of fused-ring (bicyclic) bond motifs is 5. The van der Waals surface area contributed by atoms with Crippen LogP contribution in [0.15, 0.2) is 108 Å². The van der Waals surface area contributed by atoms with Gasteiger partial charge in [0.1, 0.15) is 11.5 Å². The van der Waals surface area contributed by atoms with Crippen LogP contribution in [0.1, 0.15) is 29.5 Å². The number of carbonyl (C=O) groups excluding carboxylic acids is 5. The molecule has 3 aromatic rings. The molecule has 2 heterocycles. The summed E-state index contributed by atoms with van der Waals surface area (Å²) in [5.41, 5.74) is 7.84. The van der Waals surface area contributed by atoms with Gasteiger partial charge in [0.05, 0.1) is 23.5 Å². The van der Waals surface area contributed by atoms with E-state index in [-0.39, 0.29) is 30.2 Å². The topological polar surface area (TPSA) is 144 Å². The van der Waals surface area contributed by atoms with Crippen LogP contribution in [-0.4, -0.2) is 39.4 Å². The number of urea groups is 1. The Morgan fingerprint density at radius 3 is 2.36 bits per heavy atom. The highest BCUT2D eigenvalue weighted by molar-refractivity contribution is 6.31. The van der Waals surface area contributed by atoms with Crippen molar-refractivity contribution in [3.05, 3.63) is 125 Å². The number of Topliss-reactive ketones (excluding diaryl/α,β-unsaturated/α-hetero) is 1. The highest BCUT2D eigenvalue weighted by Gasteiger charge is 2.66. The molecule has 9 heteroatoms. The van der Waals surface area contributed by atoms with Gasteiger partial charge in [-0.2, -0.15) is 4.90 Å². The van der Waals surface area contributed by atoms with Gasteiger partial charge in [0.15, 0.2) is 11.6 Å². The molecule has 0 unspecified atom stereocenters. The van der Waals surface area contributed by atoms with Gasteiger partial charge in [-0.15, -0.1) is 0 Å². The average Bonchev–Trinajstić information content (AvgIpc) is 3.35. The van der Waals surface area contributed by atoms with Crippen molar-refractivity contribution in [1.29, 1.82) is 0 Å². The van der Waals surface area contributed by atoms with Crippen LogP contribution in [0.2, 0.25) is 0 Å². The molecule has 1 saturated heterocycles. The average molecular weight is 627 g/mol. The number of rotatable bonds is 3. The first-order valence-electron chi connectivity index (χ1n) is 15.7. The molecular weight excluding hydrogens is 596 g/mol. The molecular formula is C38H30N2O7. The number of aromatic hydroxyl groups is 1. The van der Waals surface area contributed by atoms with Crippen LogP contribution < -0.4 is 10.5 Å². The number of phenolic OH excluding ortho intramolecular Hbond substituents is 1. The highest BCUT2D eigenvalue weighted by atomic mass is 16.5. The SMILES string of the molecule is NC(=O)N1C(=O)[C@H]2[C@H](CC=C3[C@H](C4=COc5ccc(O)cc5C4)[C@]4(c5ccccc5)C(=O)C=C(c5ccccc5)C(=O)[C@@H]4C[C@H]32)C1=O. The Labute approximate surface area is 270 Å². The standard InChI is InChI=1S/C38H30N2O7/c39-37(46)40-35(44)26-13-12-25-28(32(26)36(40)45)17-29-34(43)27(20-7-3-1-4-8-20)18-31(42)38(29,23-9-5-2-6-10-23)33(25)22-15-21-16-24(41)11-14-30(21)47-19-22/h1-12,14,16,18-19,26,28-29,32-33,41H,13,15,17H2,(H2,39,46)/t26-,28+,29-,32-,33-,38-/m0/s1. The zero-order chi connectivity index (χ0) is 32.6. The van der Waals surface area contributed by atoms with Crippen LogP contribution in [-0.2, 0) is 31.0 Å². The van der Waals surface area contributed by atoms with Crippen molar-refractivity contribution < 1.29 is 33.8 Å². The van der Waals surface area contributed by atoms with Gasteiger partial charge in [-0.1, -0.05) is 72.3 Å². The second-order valence-electron chi connectivity index (χ2n) is 12.9. The Kier molecular flexibility index (Phi) is 6.44. The molecule has 4 amide bonds. The molecule has 0 bridgehead atoms. The van der Waals surface area contributed by atoms with Gasteiger partial charge in [0.25, 0.3) is 0 Å². The Bertz CT molecular complexity index is 2000. The van der Waals surface area contributed by atoms with E-state index < -0.39 is 52.8 Å². The van der Waals surface area contributed by atoms with Crippen molar-refractivity contribution in [2.24, 2.45) is 35.3 Å². The molecule has 47 heavy (non-hydrogen) atoms. The largest absolute Gasteiger partial charge is 0.508 e. The molecule has 0 radical (unpaired) electrons. The van der Waals surface area contributed by atoms with Crippen LogP contribution in [0.4, 0.5) is 4.79 Å². The third kappa shape index (κ3) is 4.05. The number of imide groups is 3. The molecule has 5 aliphatic rings. The van der Waals surface area contributed by atoms with Gasteiger partial charge in [0, 0.05) is 29.4 Å². The maximum absolute atomic E-state index is 15.0. The highest BCUT2D eigenvalue weighted by Crippen LogP contribution is 2.62. The van der Waals surface area contributed by atoms with E-state index in [0.717, 1.165) is 5.57 Å². The quantitative estimate of drug-likeness (QED) is 0.318. The second kappa shape index (κ2) is 10.5. The number of nitrogens with zero attached hydrogens (tertiary/aromatic N) is 1. The van der Waals surface area contributed by atoms with Gasteiger partial charge in [-0.3, -0.25) is 19.2 Å². The number of hydrogen-bond acceptors (Lipinski definition) is 7. The summed E-state index contributed by atoms with van der Waals surface area (Å²) in [6, 6.07) is 22.0. The first-order valence-corrected chi connectivity index (χ1v) is 15.7. The smallest absolute Gasteiger partial charge is 0.328 e. The van der Waals surface area contributed by atoms with E-state index in [9.17, 15) is 24.3 Å². The number of nitrogens with two attached hydrogens (primary N) is 1. The molecule has 8 rings (SSSR count). The van der Waals surface area contributed by atoms with E-state index in [1.165, 1.54) is 12.1 Å². The van der Waals surface area contributed by atoms with Crippen LogP contribution >= 0.6 is 0 Å². The van der Waals surface area contributed by atoms with Crippen molar-refractivity contribution >= 4 is 35.0 Å². The molecule has 1 saturated carbocycles. The minimum absolute atomic E-state index is 0.0615. The maximum atomic E-state index is 15.0. The second-order valence-corrected chi connectivity index (χ2v) is 12.9. The van der Waals surface area contributed by atoms with Crippen LogP contribution in [0.3, 0.4) is 0 Å². The number of ether oxygens (including phenoxy) is 1. The first kappa shape index (κ1) is 28.9. The Morgan fingerprint density at radius 2 is 1.64 bits per heavy atom. The fourth-order valence-corrected chi connectivity index (χ4v) is 8.91. The van der Waals surface area contributed by atoms with Gasteiger partial charge in [-0.25, -0.2) is 4.79 Å². The summed E-state index contributed by atoms with van der Waals surface area (Å²) >= 11 is 0. The lowest BCUT2D eigenvalue weighted by Crippen LogP contribution is -2.60. The zero-order valence-electron chi connectivity index (χ0n) is 25.2. The lowest BCUT2D eigenvalue weighted by molar-refractivity contribution is -0.137. The van der Waals surface area contributed by atoms with E-state index in [4.69, 9.17) is 10.5 Å². The van der Waals surface area contributed by atoms with E-state index in [1.54, 1.807) is 30.5 Å². The summed E-state index contributed by atoms with van der Waals surface area (Å²) in [4.78, 5) is 69.9. The molecule has 234 valence electrons. The van der Waals surface area contributed by atoms with Gasteiger partial charge < -0.3 is 15.6 Å². The van der Waals surface area contributed by atoms with E-state index in [2.05, 4.69) is 0 Å². The minimum atomic E-state index is -1.40. The predicted octanol–water partition coefficient (Wildman–Crippen LogP) is 4.65. The third-order valence-corrected chi connectivity index (χ3v) is 10.7. The number of likely N-dealkylation sites (tertiary alicyclic amines) is 1. The van der Waals surface area contributed by atoms with Crippen molar-refractivity contribution in [2.45, 2.75) is 24.7 Å². The van der Waals surface area contributed by atoms with E-state index >= 15 is 4.79 Å². The molecule has 3 N–H and O–H groups in total. The van der Waals surface area contributed by atoms with E-state index in [1.807, 2.05) is 54.6 Å². The molecule has 3 aromatic carbocycles. The van der Waals surface area contributed by atoms with Crippen LogP contribution in [0, 0.1) is 29.6 Å². The number of allylic oxidation sites excluding steroid dienone is 5. The number of carbonyl (C=O) groups is 5. The third-order valence-electron chi connectivity index (χ3n) is 10.7. The summed E-state index contributed by atoms with van der Waals surface area (Å²) in [5.74, 6) is -5.16. The monoisotopic (exact) mass is 626 g/mol. The Balaban J connectivity index is 1.38. The fourth-order valence-electron chi connectivity index (χ4n) is 8.91. The molecule has 0 spiro atoms. The van der Waals surface area contributed by atoms with Crippen molar-refractivity contribution in [3.8, 4) is 11.5 Å². The predicted molar refractivity (Wildman–Crippen MR) is 169 cm³/mol. The molecule has 6 atom stereocenters. The molecule has 2 aliphatic heterocycles. The summed E-state index contributed by atoms with van der Waals surface area (Å²) in [6.45, 7) is 0. The summed E-state index contributed by atoms with van der Waals surface area (Å²) < 4.78 is 6.11. The van der Waals surface area contributed by atoms with Crippen LogP contribution in [0.5, 0.6) is 11.5 Å². The zero-order valence-corrected chi connectivity index (χ0v) is 25.2. The van der Waals surface area contributed by atoms with Crippen LogP contribution in [0.25, 0.3) is 5.57 Å². The number of phenols is 1. The fraction of sp³-hybridized carbons (Fsp3) is 0.237. The molecule has 3 aliphatic carbocycles. The summed E-state index contributed by atoms with van der Waals surface area (Å²) in [6.07, 6.45) is 5.60. The number of benzene rings is 3. The molecule has 2 fully saturated rings. The number of amides is 4. The number of ketones is 2. The van der Waals surface area contributed by atoms with Crippen molar-refractivity contribution in [1.82, 2.24) is 4.90 Å². The van der Waals surface area contributed by atoms with Gasteiger partial charge in [-0.05, 0) is 59.7 Å². The van der Waals surface area contributed by atoms with Crippen molar-refractivity contribution in [2.75, 3.05) is 0 Å². The molecule has 0 aromatic heterocycles. The lowest BCUT2D eigenvalue weighted by Gasteiger charge is -2.56. The molecule has 9 nitrogen and oxygen atoms in total. The number of primary amides is 1. The van der Waals surface area contributed by atoms with Crippen molar-refractivity contribution in [3.63, 3.8) is 0 Å². The first-order chi connectivity index (χ1) is 22.7. The van der Waals surface area contributed by atoms with E-state index in [0.29, 0.717) is 44.9 Å². The lowest BCUT2D eigenvalue weighted by atomic mass is 9.44. The normalized spacial score (nSPS) is 29.4. The summed E-state index contributed by atoms with van der Waals surface area (Å²) in [5, 5.41) is 10.3. The Hall–Kier alpha value is -5.57. The minimum Gasteiger partial charge on any atom is -0.508 e. The Morgan fingerprint density at radius 1 is 0.915 bits per heavy atom. The summed E-state index contributed by atoms with van der Waals surface area (Å²) in [7, 11) is 0. The maximum Gasteiger partial charge on any atom is 0.328 e. The number of hydrogen-bond donors (Lipinski definition) is 2. The van der Waals surface area contributed by atoms with Gasteiger partial charge in [0.2, 0.25) is 11.8 Å². The van der Waals surface area contributed by atoms with Gasteiger partial charge >= 0.3 is 6.03 Å².